The molecule has 0 spiro atoms. The van der Waals surface area contributed by atoms with Gasteiger partial charge in [0.2, 0.25) is 6.41 Å². The van der Waals surface area contributed by atoms with Gasteiger partial charge in [0, 0.05) is 24.2 Å². The van der Waals surface area contributed by atoms with E-state index in [2.05, 4.69) is 19.2 Å². The lowest BCUT2D eigenvalue weighted by Crippen LogP contribution is -2.07. The van der Waals surface area contributed by atoms with Crippen LogP contribution in [0.5, 0.6) is 17.2 Å². The number of carbonyl (C=O) groups is 1. The molecule has 2 aromatic rings. The molecular weight excluding hydrogens is 382 g/mol. The predicted octanol–water partition coefficient (Wildman–Crippen LogP) is 5.55. The highest BCUT2D eigenvalue weighted by Gasteiger charge is 2.16. The third-order valence-corrected chi connectivity index (χ3v) is 5.21. The zero-order valence-corrected chi connectivity index (χ0v) is 17.8. The Morgan fingerprint density at radius 2 is 1.80 bits per heavy atom. The quantitative estimate of drug-likeness (QED) is 0.381. The number of phenolic OH excluding ortho intramolecular Hbond substituents is 3. The van der Waals surface area contributed by atoms with E-state index >= 15 is 0 Å². The van der Waals surface area contributed by atoms with Gasteiger partial charge in [-0.05, 0) is 48.4 Å². The summed E-state index contributed by atoms with van der Waals surface area (Å²) in [4.78, 5) is 10.3. The molecule has 1 fully saturated rings. The average molecular weight is 414 g/mol. The molecule has 162 valence electrons. The molecule has 3 rings (SSSR count). The molecule has 0 heterocycles. The van der Waals surface area contributed by atoms with Crippen molar-refractivity contribution < 1.29 is 24.9 Å². The Hall–Kier alpha value is -3.15. The smallest absolute Gasteiger partial charge is 0.211 e. The van der Waals surface area contributed by atoms with Crippen LogP contribution in [0.4, 0.5) is 5.69 Å². The molecule has 0 bridgehead atoms. The van der Waals surface area contributed by atoms with Crippen molar-refractivity contribution >= 4 is 12.1 Å². The summed E-state index contributed by atoms with van der Waals surface area (Å²) in [6.45, 7) is 4.51. The number of hydrogen-bond donors (Lipinski definition) is 4. The number of allylic oxidation sites excluding steroid dienone is 2. The maximum Gasteiger partial charge on any atom is 0.211 e. The number of hydrogen-bond acceptors (Lipinski definition) is 5. The highest BCUT2D eigenvalue weighted by Crippen LogP contribution is 2.40. The van der Waals surface area contributed by atoms with Gasteiger partial charge in [-0.25, -0.2) is 0 Å². The van der Waals surface area contributed by atoms with Crippen LogP contribution in [0, 0.1) is 5.92 Å². The van der Waals surface area contributed by atoms with Gasteiger partial charge in [-0.1, -0.05) is 32.4 Å². The maximum atomic E-state index is 10.3. The molecule has 0 aromatic heterocycles. The highest BCUT2D eigenvalue weighted by atomic mass is 16.5. The van der Waals surface area contributed by atoms with E-state index in [1.807, 2.05) is 0 Å². The molecule has 1 saturated carbocycles. The van der Waals surface area contributed by atoms with Gasteiger partial charge >= 0.3 is 0 Å². The Labute approximate surface area is 177 Å². The molecule has 1 aliphatic carbocycles. The molecule has 4 N–H and O–H groups in total. The van der Waals surface area contributed by atoms with Crippen LogP contribution in [0.15, 0.2) is 47.7 Å². The molecule has 1 amide bonds. The van der Waals surface area contributed by atoms with Crippen LogP contribution in [0.3, 0.4) is 0 Å². The van der Waals surface area contributed by atoms with E-state index < -0.39 is 0 Å². The lowest BCUT2D eigenvalue weighted by atomic mass is 9.86. The molecule has 1 unspecified atom stereocenters. The van der Waals surface area contributed by atoms with Crippen LogP contribution in [-0.4, -0.2) is 28.8 Å². The number of amides is 1. The summed E-state index contributed by atoms with van der Waals surface area (Å²) in [5.41, 5.74) is 2.97. The van der Waals surface area contributed by atoms with Crippen molar-refractivity contribution in [3.05, 3.63) is 47.7 Å². The third-order valence-electron chi connectivity index (χ3n) is 5.21. The molecule has 2 aromatic carbocycles. The van der Waals surface area contributed by atoms with Crippen molar-refractivity contribution in [2.24, 2.45) is 5.92 Å². The second-order valence-corrected chi connectivity index (χ2v) is 7.48. The lowest BCUT2D eigenvalue weighted by Gasteiger charge is -2.22. The van der Waals surface area contributed by atoms with Gasteiger partial charge in [0.1, 0.15) is 17.2 Å². The van der Waals surface area contributed by atoms with Gasteiger partial charge in [0.15, 0.2) is 0 Å². The zero-order chi connectivity index (χ0) is 22.1. The number of nitrogens with one attached hydrogen (secondary N) is 1. The van der Waals surface area contributed by atoms with E-state index in [0.29, 0.717) is 17.7 Å². The first-order chi connectivity index (χ1) is 14.4. The number of benzene rings is 2. The number of phenols is 3. The molecule has 0 saturated heterocycles. The molecule has 0 aliphatic heterocycles. The van der Waals surface area contributed by atoms with Gasteiger partial charge in [-0.15, -0.1) is 0 Å². The van der Waals surface area contributed by atoms with Gasteiger partial charge in [0.25, 0.3) is 0 Å². The minimum Gasteiger partial charge on any atom is -0.508 e. The summed E-state index contributed by atoms with van der Waals surface area (Å²) in [5, 5.41) is 31.1. The van der Waals surface area contributed by atoms with Crippen LogP contribution in [0.25, 0.3) is 11.1 Å². The Balaban J connectivity index is 0.000000232. The Morgan fingerprint density at radius 3 is 2.30 bits per heavy atom. The molecule has 6 heteroatoms. The van der Waals surface area contributed by atoms with Crippen molar-refractivity contribution in [3.8, 4) is 28.4 Å². The molecule has 0 radical (unpaired) electrons. The van der Waals surface area contributed by atoms with Crippen molar-refractivity contribution in [1.82, 2.24) is 0 Å². The van der Waals surface area contributed by atoms with E-state index in [1.165, 1.54) is 31.4 Å². The maximum absolute atomic E-state index is 10.3. The van der Waals surface area contributed by atoms with Gasteiger partial charge < -0.3 is 25.4 Å². The standard InChI is InChI=1S/C13H11NO4.C11H20O/c15-7-14-9-3-1-8(2-4-9)13-11(17)5-10(16)6-12(13)18;1-4-11(12-3)10-7-5-6-9(2)8-10/h1-7,16-18H,(H,14,15);9H,4-8H2,1-3H3/b;11-10+. The first-order valence-corrected chi connectivity index (χ1v) is 10.2. The number of ether oxygens (including phenoxy) is 1. The molecular formula is C24H31NO5. The highest BCUT2D eigenvalue weighted by molar-refractivity contribution is 5.79. The fraction of sp³-hybridized carbons (Fsp3) is 0.375. The first kappa shape index (κ1) is 23.1. The molecule has 1 atom stereocenters. The van der Waals surface area contributed by atoms with Crippen molar-refractivity contribution in [2.45, 2.75) is 46.0 Å². The van der Waals surface area contributed by atoms with Gasteiger partial charge in [0.05, 0.1) is 18.4 Å². The van der Waals surface area contributed by atoms with E-state index in [0.717, 1.165) is 24.5 Å². The number of anilines is 1. The minimum atomic E-state index is -0.219. The summed E-state index contributed by atoms with van der Waals surface area (Å²) >= 11 is 0. The number of rotatable bonds is 5. The Bertz CT molecular complexity index is 845. The SMILES string of the molecule is CC/C(OC)=C1/CCCC(C)C1.O=CNc1ccc(-c2c(O)cc(O)cc2O)cc1. The first-order valence-electron chi connectivity index (χ1n) is 10.2. The third kappa shape index (κ3) is 6.17. The monoisotopic (exact) mass is 413 g/mol. The van der Waals surface area contributed by atoms with Crippen molar-refractivity contribution in [3.63, 3.8) is 0 Å². The Morgan fingerprint density at radius 1 is 1.17 bits per heavy atom. The summed E-state index contributed by atoms with van der Waals surface area (Å²) < 4.78 is 5.37. The van der Waals surface area contributed by atoms with Crippen LogP contribution in [-0.2, 0) is 9.53 Å². The van der Waals surface area contributed by atoms with Crippen molar-refractivity contribution in [1.29, 1.82) is 0 Å². The number of aromatic hydroxyl groups is 3. The van der Waals surface area contributed by atoms with E-state index in [-0.39, 0.29) is 22.8 Å². The largest absolute Gasteiger partial charge is 0.508 e. The number of methoxy groups -OCH3 is 1. The van der Waals surface area contributed by atoms with Gasteiger partial charge in [-0.2, -0.15) is 0 Å². The zero-order valence-electron chi connectivity index (χ0n) is 17.8. The van der Waals surface area contributed by atoms with Crippen LogP contribution < -0.4 is 5.32 Å². The summed E-state index contributed by atoms with van der Waals surface area (Å²) in [5.74, 6) is 1.45. The normalized spacial score (nSPS) is 17.4. The second kappa shape index (κ2) is 11.1. The summed E-state index contributed by atoms with van der Waals surface area (Å²) in [6.07, 6.45) is 6.88. The molecule has 30 heavy (non-hydrogen) atoms. The van der Waals surface area contributed by atoms with Gasteiger partial charge in [-0.3, -0.25) is 4.79 Å². The fourth-order valence-corrected chi connectivity index (χ4v) is 3.77. The second-order valence-electron chi connectivity index (χ2n) is 7.48. The Kier molecular flexibility index (Phi) is 8.59. The van der Waals surface area contributed by atoms with Crippen LogP contribution >= 0.6 is 0 Å². The minimum absolute atomic E-state index is 0.215. The van der Waals surface area contributed by atoms with Crippen LogP contribution in [0.1, 0.15) is 46.0 Å². The van der Waals surface area contributed by atoms with Crippen LogP contribution in [0.2, 0.25) is 0 Å². The summed E-state index contributed by atoms with van der Waals surface area (Å²) in [6, 6.07) is 8.83. The summed E-state index contributed by atoms with van der Waals surface area (Å²) in [7, 11) is 1.80. The molecule has 1 aliphatic rings. The van der Waals surface area contributed by atoms with E-state index in [9.17, 15) is 20.1 Å². The predicted molar refractivity (Wildman–Crippen MR) is 119 cm³/mol. The molecule has 6 nitrogen and oxygen atoms in total. The fourth-order valence-electron chi connectivity index (χ4n) is 3.77. The average Bonchev–Trinajstić information content (AvgIpc) is 2.70. The lowest BCUT2D eigenvalue weighted by molar-refractivity contribution is -0.105. The van der Waals surface area contributed by atoms with E-state index in [4.69, 9.17) is 4.74 Å². The van der Waals surface area contributed by atoms with Crippen molar-refractivity contribution in [2.75, 3.05) is 12.4 Å². The number of carbonyl (C=O) groups excluding carboxylic acids is 1. The van der Waals surface area contributed by atoms with E-state index in [1.54, 1.807) is 36.9 Å². The topological polar surface area (TPSA) is 99.0 Å².